The average Bonchev–Trinajstić information content (AvgIpc) is 2.43. The number of amides is 1. The van der Waals surface area contributed by atoms with E-state index in [4.69, 9.17) is 32.7 Å². The van der Waals surface area contributed by atoms with E-state index in [1.165, 1.54) is 7.11 Å². The molecule has 0 fully saturated rings. The molecule has 1 aromatic carbocycles. The zero-order valence-corrected chi connectivity index (χ0v) is 13.3. The van der Waals surface area contributed by atoms with Crippen molar-refractivity contribution in [1.82, 2.24) is 5.32 Å². The van der Waals surface area contributed by atoms with Gasteiger partial charge in [0.1, 0.15) is 5.75 Å². The summed E-state index contributed by atoms with van der Waals surface area (Å²) in [6.45, 7) is 0.900. The van der Waals surface area contributed by atoms with E-state index in [1.807, 2.05) is 0 Å². The van der Waals surface area contributed by atoms with Crippen LogP contribution >= 0.6 is 23.2 Å². The van der Waals surface area contributed by atoms with Crippen LogP contribution in [0.1, 0.15) is 12.8 Å². The van der Waals surface area contributed by atoms with E-state index in [0.717, 1.165) is 0 Å². The summed E-state index contributed by atoms with van der Waals surface area (Å²) in [5.41, 5.74) is 0. The van der Waals surface area contributed by atoms with Crippen molar-refractivity contribution in [2.45, 2.75) is 18.9 Å². The molecule has 1 rings (SSSR count). The molecule has 0 aliphatic carbocycles. The second kappa shape index (κ2) is 9.84. The van der Waals surface area contributed by atoms with Gasteiger partial charge in [-0.2, -0.15) is 0 Å². The first-order valence-corrected chi connectivity index (χ1v) is 7.30. The highest BCUT2D eigenvalue weighted by Crippen LogP contribution is 2.26. The molecule has 118 valence electrons. The predicted molar refractivity (Wildman–Crippen MR) is 82.1 cm³/mol. The number of benzene rings is 1. The molecule has 21 heavy (non-hydrogen) atoms. The van der Waals surface area contributed by atoms with Gasteiger partial charge in [0.2, 0.25) is 5.91 Å². The van der Waals surface area contributed by atoms with Gasteiger partial charge in [-0.1, -0.05) is 23.2 Å². The number of halogens is 2. The van der Waals surface area contributed by atoms with Crippen molar-refractivity contribution in [3.63, 3.8) is 0 Å². The quantitative estimate of drug-likeness (QED) is 0.726. The number of nitrogens with one attached hydrogen (secondary N) is 1. The summed E-state index contributed by atoms with van der Waals surface area (Å²) in [6, 6.07) is 4.92. The molecule has 0 heterocycles. The average molecular weight is 336 g/mol. The maximum atomic E-state index is 11.5. The predicted octanol–water partition coefficient (Wildman–Crippen LogP) is 2.28. The number of hydrogen-bond acceptors (Lipinski definition) is 4. The molecule has 1 unspecified atom stereocenters. The van der Waals surface area contributed by atoms with E-state index in [-0.39, 0.29) is 25.5 Å². The first kappa shape index (κ1) is 18.0. The van der Waals surface area contributed by atoms with Crippen molar-refractivity contribution >= 4 is 29.1 Å². The summed E-state index contributed by atoms with van der Waals surface area (Å²) in [5, 5.41) is 13.0. The van der Waals surface area contributed by atoms with Crippen LogP contribution in [0.2, 0.25) is 10.0 Å². The SMILES string of the molecule is COCC(O)CCNC(=O)CCOc1ccc(Cl)c(Cl)c1. The van der Waals surface area contributed by atoms with Crippen LogP contribution in [-0.4, -0.2) is 44.0 Å². The van der Waals surface area contributed by atoms with Crippen molar-refractivity contribution in [2.75, 3.05) is 26.9 Å². The number of carbonyl (C=O) groups excluding carboxylic acids is 1. The number of aliphatic hydroxyl groups excluding tert-OH is 1. The molecule has 1 amide bonds. The number of aliphatic hydroxyl groups is 1. The van der Waals surface area contributed by atoms with Crippen LogP contribution in [0.3, 0.4) is 0 Å². The second-order valence-electron chi connectivity index (χ2n) is 4.42. The van der Waals surface area contributed by atoms with Crippen LogP contribution in [0.25, 0.3) is 0 Å². The lowest BCUT2D eigenvalue weighted by atomic mass is 10.2. The van der Waals surface area contributed by atoms with Crippen molar-refractivity contribution in [2.24, 2.45) is 0 Å². The molecule has 2 N–H and O–H groups in total. The van der Waals surface area contributed by atoms with E-state index >= 15 is 0 Å². The maximum Gasteiger partial charge on any atom is 0.223 e. The molecule has 1 aromatic rings. The molecule has 0 aliphatic rings. The number of methoxy groups -OCH3 is 1. The van der Waals surface area contributed by atoms with Crippen molar-refractivity contribution in [3.8, 4) is 5.75 Å². The Labute approximate surface area is 134 Å². The zero-order valence-electron chi connectivity index (χ0n) is 11.8. The lowest BCUT2D eigenvalue weighted by molar-refractivity contribution is -0.121. The van der Waals surface area contributed by atoms with Crippen LogP contribution in [0, 0.1) is 0 Å². The molecule has 0 bridgehead atoms. The van der Waals surface area contributed by atoms with Gasteiger partial charge in [0.25, 0.3) is 0 Å². The monoisotopic (exact) mass is 335 g/mol. The van der Waals surface area contributed by atoms with Gasteiger partial charge in [-0.15, -0.1) is 0 Å². The number of rotatable bonds is 9. The van der Waals surface area contributed by atoms with Crippen LogP contribution in [0.15, 0.2) is 18.2 Å². The Bertz CT molecular complexity index is 457. The number of carbonyl (C=O) groups is 1. The normalized spacial score (nSPS) is 12.0. The van der Waals surface area contributed by atoms with Crippen molar-refractivity contribution in [3.05, 3.63) is 28.2 Å². The highest BCUT2D eigenvalue weighted by molar-refractivity contribution is 6.42. The lowest BCUT2D eigenvalue weighted by Crippen LogP contribution is -2.29. The fourth-order valence-electron chi connectivity index (χ4n) is 1.57. The standard InChI is InChI=1S/C14H19Cl2NO4/c1-20-9-10(18)4-6-17-14(19)5-7-21-11-2-3-12(15)13(16)8-11/h2-3,8,10,18H,4-7,9H2,1H3,(H,17,19). The summed E-state index contributed by atoms with van der Waals surface area (Å²) < 4.78 is 10.2. The third-order valence-corrected chi connectivity index (χ3v) is 3.39. The highest BCUT2D eigenvalue weighted by Gasteiger charge is 2.06. The van der Waals surface area contributed by atoms with Crippen LogP contribution < -0.4 is 10.1 Å². The summed E-state index contributed by atoms with van der Waals surface area (Å²) in [6.07, 6.45) is 0.108. The first-order chi connectivity index (χ1) is 10.0. The Kier molecular flexibility index (Phi) is 8.45. The Morgan fingerprint density at radius 3 is 2.81 bits per heavy atom. The van der Waals surface area contributed by atoms with E-state index in [1.54, 1.807) is 18.2 Å². The molecule has 0 saturated heterocycles. The topological polar surface area (TPSA) is 67.8 Å². The van der Waals surface area contributed by atoms with Gasteiger partial charge >= 0.3 is 0 Å². The Hall–Kier alpha value is -1.01. The molecule has 7 heteroatoms. The zero-order chi connectivity index (χ0) is 15.7. The smallest absolute Gasteiger partial charge is 0.223 e. The van der Waals surface area contributed by atoms with E-state index in [0.29, 0.717) is 28.8 Å². The fraction of sp³-hybridized carbons (Fsp3) is 0.500. The Morgan fingerprint density at radius 1 is 1.38 bits per heavy atom. The largest absolute Gasteiger partial charge is 0.493 e. The summed E-state index contributed by atoms with van der Waals surface area (Å²) in [5.74, 6) is 0.424. The van der Waals surface area contributed by atoms with Crippen molar-refractivity contribution in [1.29, 1.82) is 0 Å². The lowest BCUT2D eigenvalue weighted by Gasteiger charge is -2.10. The molecule has 0 saturated carbocycles. The molecule has 5 nitrogen and oxygen atoms in total. The summed E-state index contributed by atoms with van der Waals surface area (Å²) >= 11 is 11.6. The van der Waals surface area contributed by atoms with Gasteiger partial charge in [0.05, 0.1) is 35.8 Å². The summed E-state index contributed by atoms with van der Waals surface area (Å²) in [4.78, 5) is 11.5. The minimum absolute atomic E-state index is 0.139. The Morgan fingerprint density at radius 2 is 2.14 bits per heavy atom. The van der Waals surface area contributed by atoms with Gasteiger partial charge in [-0.05, 0) is 18.6 Å². The van der Waals surface area contributed by atoms with Gasteiger partial charge in [0.15, 0.2) is 0 Å². The van der Waals surface area contributed by atoms with Gasteiger partial charge in [-0.3, -0.25) is 4.79 Å². The van der Waals surface area contributed by atoms with E-state index < -0.39 is 6.10 Å². The molecule has 0 aromatic heterocycles. The number of hydrogen-bond donors (Lipinski definition) is 2. The van der Waals surface area contributed by atoms with E-state index in [2.05, 4.69) is 5.32 Å². The minimum Gasteiger partial charge on any atom is -0.493 e. The number of ether oxygens (including phenoxy) is 2. The molecule has 0 aliphatic heterocycles. The van der Waals surface area contributed by atoms with E-state index in [9.17, 15) is 9.90 Å². The minimum atomic E-state index is -0.567. The van der Waals surface area contributed by atoms with Crippen molar-refractivity contribution < 1.29 is 19.4 Å². The Balaban J connectivity index is 2.17. The van der Waals surface area contributed by atoms with Gasteiger partial charge in [-0.25, -0.2) is 0 Å². The van der Waals surface area contributed by atoms with Crippen LogP contribution in [0.5, 0.6) is 5.75 Å². The molecule has 0 spiro atoms. The molecule has 1 atom stereocenters. The van der Waals surface area contributed by atoms with Crippen LogP contribution in [-0.2, 0) is 9.53 Å². The first-order valence-electron chi connectivity index (χ1n) is 6.54. The molecule has 0 radical (unpaired) electrons. The molecular formula is C14H19Cl2NO4. The fourth-order valence-corrected chi connectivity index (χ4v) is 1.86. The second-order valence-corrected chi connectivity index (χ2v) is 5.24. The van der Waals surface area contributed by atoms with Gasteiger partial charge in [0, 0.05) is 19.7 Å². The third kappa shape index (κ3) is 7.52. The third-order valence-electron chi connectivity index (χ3n) is 2.65. The maximum absolute atomic E-state index is 11.5. The molecular weight excluding hydrogens is 317 g/mol. The van der Waals surface area contributed by atoms with Crippen LogP contribution in [0.4, 0.5) is 0 Å². The van der Waals surface area contributed by atoms with Gasteiger partial charge < -0.3 is 19.9 Å². The summed E-state index contributed by atoms with van der Waals surface area (Å²) in [7, 11) is 1.52. The highest BCUT2D eigenvalue weighted by atomic mass is 35.5.